The van der Waals surface area contributed by atoms with Crippen LogP contribution < -0.4 is 14.9 Å². The van der Waals surface area contributed by atoms with E-state index in [0.717, 1.165) is 21.5 Å². The molecule has 2 nitrogen and oxygen atoms in total. The molecule has 0 amide bonds. The van der Waals surface area contributed by atoms with Crippen LogP contribution in [0.5, 0.6) is 0 Å². The topological polar surface area (TPSA) is 25.8 Å². The first-order valence-corrected chi connectivity index (χ1v) is 18.8. The maximum atomic E-state index is 8.44. The van der Waals surface area contributed by atoms with Crippen LogP contribution in [0.2, 0.25) is 32.7 Å². The molecule has 0 aliphatic rings. The van der Waals surface area contributed by atoms with Crippen LogP contribution in [0.15, 0.2) is 73.0 Å². The van der Waals surface area contributed by atoms with Gasteiger partial charge in [-0.2, -0.15) is 0 Å². The molecule has 5 heteroatoms. The van der Waals surface area contributed by atoms with Crippen molar-refractivity contribution < 1.29 is 1.37 Å². The molecule has 33 heavy (non-hydrogen) atoms. The fourth-order valence-corrected chi connectivity index (χ4v) is 11.5. The second-order valence-corrected chi connectivity index (χ2v) is 21.1. The maximum Gasteiger partial charge on any atom is 0.125 e. The number of aryl methyl sites for hydroxylation is 1. The van der Waals surface area contributed by atoms with Crippen molar-refractivity contribution in [1.82, 2.24) is 9.97 Å². The number of aromatic nitrogens is 2. The fourth-order valence-electron chi connectivity index (χ4n) is 4.82. The van der Waals surface area contributed by atoms with Gasteiger partial charge >= 0.3 is 0 Å². The monoisotopic (exact) mass is 483 g/mol. The summed E-state index contributed by atoms with van der Waals surface area (Å²) in [6.07, 6.45) is 0.0943. The third-order valence-corrected chi connectivity index (χ3v) is 14.9. The molecule has 166 valence electrons. The van der Waals surface area contributed by atoms with E-state index in [1.54, 1.807) is 0 Å². The highest BCUT2D eigenvalue weighted by Crippen LogP contribution is 2.34. The highest BCUT2D eigenvalue weighted by atomic mass is 32.1. The van der Waals surface area contributed by atoms with Gasteiger partial charge in [-0.25, -0.2) is 9.97 Å². The van der Waals surface area contributed by atoms with Gasteiger partial charge in [-0.1, -0.05) is 104 Å². The molecule has 2 heterocycles. The quantitative estimate of drug-likeness (QED) is 0.285. The van der Waals surface area contributed by atoms with E-state index >= 15 is 0 Å². The Labute approximate surface area is 203 Å². The predicted molar refractivity (Wildman–Crippen MR) is 151 cm³/mol. The Kier molecular flexibility index (Phi) is 5.09. The molecule has 0 spiro atoms. The summed E-state index contributed by atoms with van der Waals surface area (Å²) in [7, 11) is -3.52. The van der Waals surface area contributed by atoms with Gasteiger partial charge in [0.05, 0.1) is 24.0 Å². The molecule has 0 fully saturated rings. The zero-order valence-electron chi connectivity index (χ0n) is 21.2. The summed E-state index contributed by atoms with van der Waals surface area (Å²) in [5, 5.41) is 5.43. The standard InChI is InChI=1S/C28H30N2SSi2/c1-19-25-27(31-28(19)33(5,6)22-13-8-7-9-14-22)26(30-18-29-25)21-16-20-12-10-11-15-23(20)24(17-21)32(2,3)4/h7-18H,1-6H3/i18D. The van der Waals surface area contributed by atoms with E-state index in [1.165, 1.54) is 31.2 Å². The van der Waals surface area contributed by atoms with Crippen molar-refractivity contribution in [2.45, 2.75) is 39.7 Å². The Balaban J connectivity index is 1.80. The van der Waals surface area contributed by atoms with Crippen molar-refractivity contribution >= 4 is 63.3 Å². The first-order valence-electron chi connectivity index (χ1n) is 11.9. The van der Waals surface area contributed by atoms with Crippen molar-refractivity contribution in [3.63, 3.8) is 0 Å². The smallest absolute Gasteiger partial charge is 0.125 e. The van der Waals surface area contributed by atoms with E-state index in [0.29, 0.717) is 0 Å². The molecule has 3 aromatic carbocycles. The van der Waals surface area contributed by atoms with Gasteiger partial charge in [0.2, 0.25) is 0 Å². The van der Waals surface area contributed by atoms with Crippen molar-refractivity contribution in [3.05, 3.63) is 78.6 Å². The van der Waals surface area contributed by atoms with Gasteiger partial charge in [-0.15, -0.1) is 11.3 Å². The molecule has 2 aromatic heterocycles. The molecule has 0 aliphatic heterocycles. The van der Waals surface area contributed by atoms with Crippen molar-refractivity contribution in [3.8, 4) is 11.3 Å². The molecular weight excluding hydrogens is 453 g/mol. The van der Waals surface area contributed by atoms with E-state index in [-0.39, 0.29) is 6.30 Å². The molecule has 5 aromatic rings. The Bertz CT molecular complexity index is 1540. The lowest BCUT2D eigenvalue weighted by atomic mass is 10.0. The normalized spacial score (nSPS) is 13.0. The number of fused-ring (bicyclic) bond motifs is 2. The van der Waals surface area contributed by atoms with Gasteiger partial charge in [0.15, 0.2) is 0 Å². The third-order valence-electron chi connectivity index (χ3n) is 6.66. The van der Waals surface area contributed by atoms with Crippen LogP contribution in [0, 0.1) is 6.92 Å². The molecule has 0 unspecified atom stereocenters. The van der Waals surface area contributed by atoms with Gasteiger partial charge in [0, 0.05) is 10.1 Å². The summed E-state index contributed by atoms with van der Waals surface area (Å²) in [5.74, 6) is 0. The van der Waals surface area contributed by atoms with E-state index in [2.05, 4.69) is 111 Å². The van der Waals surface area contributed by atoms with Crippen molar-refractivity contribution in [1.29, 1.82) is 0 Å². The van der Waals surface area contributed by atoms with E-state index < -0.39 is 16.1 Å². The molecule has 0 saturated carbocycles. The van der Waals surface area contributed by atoms with Crippen LogP contribution in [-0.4, -0.2) is 26.1 Å². The van der Waals surface area contributed by atoms with Gasteiger partial charge in [0.1, 0.15) is 15.7 Å². The number of hydrogen-bond donors (Lipinski definition) is 0. The Morgan fingerprint density at radius 1 is 0.848 bits per heavy atom. The average Bonchev–Trinajstić information content (AvgIpc) is 3.14. The highest BCUT2D eigenvalue weighted by Gasteiger charge is 2.31. The third kappa shape index (κ3) is 3.78. The Morgan fingerprint density at radius 3 is 2.27 bits per heavy atom. The van der Waals surface area contributed by atoms with Crippen LogP contribution in [0.3, 0.4) is 0 Å². The van der Waals surface area contributed by atoms with Crippen LogP contribution in [0.1, 0.15) is 6.93 Å². The zero-order valence-corrected chi connectivity index (χ0v) is 23.0. The predicted octanol–water partition coefficient (Wildman–Crippen LogP) is 6.19. The molecule has 0 bridgehead atoms. The first kappa shape index (κ1) is 21.0. The lowest BCUT2D eigenvalue weighted by Crippen LogP contribution is -2.52. The molecule has 5 rings (SSSR count). The van der Waals surface area contributed by atoms with Crippen LogP contribution in [-0.2, 0) is 0 Å². The highest BCUT2D eigenvalue weighted by molar-refractivity contribution is 7.34. The fraction of sp³-hybridized carbons (Fsp3) is 0.214. The number of nitrogens with zero attached hydrogens (tertiary/aromatic N) is 2. The molecule has 0 atom stereocenters. The number of hydrogen-bond acceptors (Lipinski definition) is 3. The summed E-state index contributed by atoms with van der Waals surface area (Å²) in [6.45, 7) is 14.2. The summed E-state index contributed by atoms with van der Waals surface area (Å²) in [5.41, 5.74) is 4.15. The van der Waals surface area contributed by atoms with Crippen LogP contribution in [0.4, 0.5) is 0 Å². The largest absolute Gasteiger partial charge is 0.235 e. The molecule has 0 saturated heterocycles. The molecule has 0 aliphatic carbocycles. The number of benzene rings is 3. The van der Waals surface area contributed by atoms with Gasteiger partial charge in [0.25, 0.3) is 0 Å². The summed E-state index contributed by atoms with van der Waals surface area (Å²) in [6, 6.07) is 24.1. The first-order chi connectivity index (χ1) is 16.1. The summed E-state index contributed by atoms with van der Waals surface area (Å²) < 4.78 is 11.0. The Morgan fingerprint density at radius 2 is 1.55 bits per heavy atom. The minimum Gasteiger partial charge on any atom is -0.235 e. The number of thiophene rings is 1. The maximum absolute atomic E-state index is 8.44. The Hall–Kier alpha value is -2.61. The van der Waals surface area contributed by atoms with Gasteiger partial charge < -0.3 is 0 Å². The lowest BCUT2D eigenvalue weighted by Gasteiger charge is -2.22. The zero-order chi connectivity index (χ0) is 24.3. The van der Waals surface area contributed by atoms with E-state index in [4.69, 9.17) is 6.35 Å². The van der Waals surface area contributed by atoms with E-state index in [9.17, 15) is 0 Å². The molecule has 0 radical (unpaired) electrons. The number of rotatable bonds is 4. The molecule has 0 N–H and O–H groups in total. The van der Waals surface area contributed by atoms with Gasteiger partial charge in [-0.3, -0.25) is 0 Å². The minimum absolute atomic E-state index is 0.0943. The lowest BCUT2D eigenvalue weighted by molar-refractivity contribution is 1.23. The van der Waals surface area contributed by atoms with Crippen LogP contribution in [0.25, 0.3) is 32.2 Å². The van der Waals surface area contributed by atoms with Crippen LogP contribution >= 0.6 is 11.3 Å². The van der Waals surface area contributed by atoms with Crippen molar-refractivity contribution in [2.24, 2.45) is 0 Å². The van der Waals surface area contributed by atoms with Crippen molar-refractivity contribution in [2.75, 3.05) is 0 Å². The summed E-state index contributed by atoms with van der Waals surface area (Å²) in [4.78, 5) is 9.33. The molecular formula is C28H30N2SSi2. The SMILES string of the molecule is [2H]c1nc(-c2cc([Si](C)(C)C)c3ccccc3c2)c2sc([Si](C)(C)c3ccccc3)c(C)c2n1. The average molecular weight is 484 g/mol. The minimum atomic E-state index is -1.91. The second-order valence-electron chi connectivity index (χ2n) is 10.4. The summed E-state index contributed by atoms with van der Waals surface area (Å²) >= 11 is 1.84. The van der Waals surface area contributed by atoms with Gasteiger partial charge in [-0.05, 0) is 29.3 Å². The van der Waals surface area contributed by atoms with E-state index in [1.807, 2.05) is 11.3 Å². The second kappa shape index (κ2) is 8.01.